The number of nitrogens with two attached hydrogens (primary N) is 2. The van der Waals surface area contributed by atoms with Crippen LogP contribution in [0.1, 0.15) is 51.5 Å². The van der Waals surface area contributed by atoms with Crippen LogP contribution in [0.25, 0.3) is 0 Å². The van der Waals surface area contributed by atoms with Crippen LogP contribution in [0.5, 0.6) is 0 Å². The van der Waals surface area contributed by atoms with E-state index in [4.69, 9.17) is 21.6 Å². The van der Waals surface area contributed by atoms with Crippen molar-refractivity contribution in [3.63, 3.8) is 0 Å². The summed E-state index contributed by atoms with van der Waals surface area (Å²) >= 11 is 0. The Kier molecular flexibility index (Phi) is 8.27. The molecule has 5 N–H and O–H groups in total. The highest BCUT2D eigenvalue weighted by Crippen LogP contribution is 2.30. The van der Waals surface area contributed by atoms with Crippen LogP contribution in [-0.2, 0) is 6.42 Å². The van der Waals surface area contributed by atoms with Gasteiger partial charge in [0.2, 0.25) is 0 Å². The average Bonchev–Trinajstić information content (AvgIpc) is 2.65. The van der Waals surface area contributed by atoms with Crippen molar-refractivity contribution >= 4 is 28.5 Å². The van der Waals surface area contributed by atoms with Crippen molar-refractivity contribution in [3.8, 4) is 0 Å². The van der Waals surface area contributed by atoms with E-state index in [1.165, 1.54) is 25.7 Å². The van der Waals surface area contributed by atoms with Gasteiger partial charge < -0.3 is 16.6 Å². The summed E-state index contributed by atoms with van der Waals surface area (Å²) in [6.45, 7) is 4.68. The summed E-state index contributed by atoms with van der Waals surface area (Å²) in [5.74, 6) is 0. The molecule has 2 rings (SSSR count). The molecule has 0 saturated heterocycles. The first-order valence-electron chi connectivity index (χ1n) is 9.83. The molecular weight excluding hydrogens is 336 g/mol. The van der Waals surface area contributed by atoms with Crippen molar-refractivity contribution in [2.75, 3.05) is 24.6 Å². The second kappa shape index (κ2) is 10.7. The summed E-state index contributed by atoms with van der Waals surface area (Å²) in [5.41, 5.74) is 18.3. The smallest absolute Gasteiger partial charge is 0.0870 e. The number of aliphatic hydroxyl groups is 1. The number of allylic oxidation sites excluding steroid dienone is 4. The highest BCUT2D eigenvalue weighted by atomic mass is 16.3. The molecule has 0 bridgehead atoms. The van der Waals surface area contributed by atoms with E-state index in [0.29, 0.717) is 12.2 Å². The molecule has 0 amide bonds. The Morgan fingerprint density at radius 1 is 1.00 bits per heavy atom. The Labute approximate surface area is 162 Å². The van der Waals surface area contributed by atoms with Gasteiger partial charge in [0.25, 0.3) is 0 Å². The van der Waals surface area contributed by atoms with Gasteiger partial charge in [-0.15, -0.1) is 0 Å². The minimum absolute atomic E-state index is 0.0500. The number of aliphatic imine (C=N–C) groups is 2. The maximum atomic E-state index is 8.89. The monoisotopic (exact) mass is 368 g/mol. The molecule has 0 saturated carbocycles. The SMILES string of the molecule is CCCCCCCc1cc(N=C2C=CC(=NCCO)C=C2C)c(N)cc1N. The molecule has 1 aliphatic rings. The highest BCUT2D eigenvalue weighted by Gasteiger charge is 2.10. The fourth-order valence-corrected chi connectivity index (χ4v) is 3.07. The molecule has 146 valence electrons. The number of aliphatic hydroxyl groups excluding tert-OH is 1. The summed E-state index contributed by atoms with van der Waals surface area (Å²) in [4.78, 5) is 9.05. The molecule has 0 atom stereocenters. The molecule has 5 nitrogen and oxygen atoms in total. The van der Waals surface area contributed by atoms with Gasteiger partial charge in [-0.3, -0.25) is 4.99 Å². The molecule has 1 aliphatic carbocycles. The number of rotatable bonds is 9. The maximum Gasteiger partial charge on any atom is 0.0870 e. The van der Waals surface area contributed by atoms with E-state index in [2.05, 4.69) is 11.9 Å². The highest BCUT2D eigenvalue weighted by molar-refractivity contribution is 6.21. The standard InChI is InChI=1S/C22H32N4O/c1-3-4-5-6-7-8-17-14-22(20(24)15-19(17)23)26-21-10-9-18(13-16(21)2)25-11-12-27/h9-10,13-15,27H,3-8,11-12,23-24H2,1-2H3. The van der Waals surface area contributed by atoms with Crippen LogP contribution in [0, 0.1) is 0 Å². The number of anilines is 2. The third kappa shape index (κ3) is 6.36. The fraction of sp³-hybridized carbons (Fsp3) is 0.455. The summed E-state index contributed by atoms with van der Waals surface area (Å²) < 4.78 is 0. The van der Waals surface area contributed by atoms with E-state index in [1.54, 1.807) is 0 Å². The second-order valence-corrected chi connectivity index (χ2v) is 6.96. The van der Waals surface area contributed by atoms with Crippen LogP contribution in [0.3, 0.4) is 0 Å². The van der Waals surface area contributed by atoms with Crippen LogP contribution >= 0.6 is 0 Å². The quantitative estimate of drug-likeness (QED) is 0.343. The van der Waals surface area contributed by atoms with Gasteiger partial charge >= 0.3 is 0 Å². The Morgan fingerprint density at radius 2 is 1.78 bits per heavy atom. The predicted octanol–water partition coefficient (Wildman–Crippen LogP) is 4.39. The van der Waals surface area contributed by atoms with Crippen LogP contribution < -0.4 is 11.5 Å². The summed E-state index contributed by atoms with van der Waals surface area (Å²) in [7, 11) is 0. The molecule has 5 heteroatoms. The van der Waals surface area contributed by atoms with Gasteiger partial charge in [-0.05, 0) is 61.3 Å². The lowest BCUT2D eigenvalue weighted by Crippen LogP contribution is -2.07. The molecule has 0 fully saturated rings. The van der Waals surface area contributed by atoms with Crippen molar-refractivity contribution in [1.29, 1.82) is 0 Å². The predicted molar refractivity (Wildman–Crippen MR) is 117 cm³/mol. The first-order valence-corrected chi connectivity index (χ1v) is 9.83. The molecule has 0 spiro atoms. The zero-order valence-electron chi connectivity index (χ0n) is 16.5. The van der Waals surface area contributed by atoms with E-state index in [1.807, 2.05) is 37.3 Å². The number of nitrogens with zero attached hydrogens (tertiary/aromatic N) is 2. The van der Waals surface area contributed by atoms with E-state index >= 15 is 0 Å². The van der Waals surface area contributed by atoms with E-state index in [0.717, 1.165) is 46.8 Å². The Balaban J connectivity index is 2.15. The van der Waals surface area contributed by atoms with Gasteiger partial charge in [0.05, 0.1) is 35.9 Å². The van der Waals surface area contributed by atoms with Crippen molar-refractivity contribution in [1.82, 2.24) is 0 Å². The minimum atomic E-state index is 0.0500. The number of hydrogen-bond donors (Lipinski definition) is 3. The lowest BCUT2D eigenvalue weighted by Gasteiger charge is -2.12. The average molecular weight is 369 g/mol. The fourth-order valence-electron chi connectivity index (χ4n) is 3.07. The first-order chi connectivity index (χ1) is 13.0. The molecule has 27 heavy (non-hydrogen) atoms. The topological polar surface area (TPSA) is 97.0 Å². The van der Waals surface area contributed by atoms with Crippen molar-refractivity contribution in [2.24, 2.45) is 9.98 Å². The molecule has 1 aromatic carbocycles. The van der Waals surface area contributed by atoms with Crippen molar-refractivity contribution in [2.45, 2.75) is 52.4 Å². The largest absolute Gasteiger partial charge is 0.398 e. The normalized spacial score (nSPS) is 16.9. The van der Waals surface area contributed by atoms with Gasteiger partial charge in [-0.25, -0.2) is 4.99 Å². The molecule has 0 unspecified atom stereocenters. The molecule has 0 radical (unpaired) electrons. The summed E-state index contributed by atoms with van der Waals surface area (Å²) in [6.07, 6.45) is 12.9. The molecule has 1 aromatic rings. The van der Waals surface area contributed by atoms with Gasteiger partial charge in [0.15, 0.2) is 0 Å². The Bertz CT molecular complexity index is 760. The summed E-state index contributed by atoms with van der Waals surface area (Å²) in [6, 6.07) is 3.84. The van der Waals surface area contributed by atoms with Crippen LogP contribution in [-0.4, -0.2) is 29.7 Å². The number of unbranched alkanes of at least 4 members (excludes halogenated alkanes) is 4. The van der Waals surface area contributed by atoms with E-state index < -0.39 is 0 Å². The molecule has 0 aromatic heterocycles. The second-order valence-electron chi connectivity index (χ2n) is 6.96. The van der Waals surface area contributed by atoms with Gasteiger partial charge in [0.1, 0.15) is 0 Å². The van der Waals surface area contributed by atoms with Gasteiger partial charge in [0, 0.05) is 5.69 Å². The van der Waals surface area contributed by atoms with E-state index in [-0.39, 0.29) is 6.61 Å². The van der Waals surface area contributed by atoms with Crippen molar-refractivity contribution < 1.29 is 5.11 Å². The lowest BCUT2D eigenvalue weighted by atomic mass is 10.0. The maximum absolute atomic E-state index is 8.89. The van der Waals surface area contributed by atoms with Gasteiger partial charge in [-0.2, -0.15) is 0 Å². The third-order valence-electron chi connectivity index (χ3n) is 4.65. The zero-order chi connectivity index (χ0) is 19.6. The van der Waals surface area contributed by atoms with Crippen molar-refractivity contribution in [3.05, 3.63) is 41.5 Å². The molecule has 0 aliphatic heterocycles. The van der Waals surface area contributed by atoms with Crippen LogP contribution in [0.15, 0.2) is 45.9 Å². The minimum Gasteiger partial charge on any atom is -0.398 e. The number of hydrogen-bond acceptors (Lipinski definition) is 5. The Morgan fingerprint density at radius 3 is 2.48 bits per heavy atom. The third-order valence-corrected chi connectivity index (χ3v) is 4.65. The van der Waals surface area contributed by atoms with Crippen LogP contribution in [0.4, 0.5) is 17.1 Å². The van der Waals surface area contributed by atoms with Gasteiger partial charge in [-0.1, -0.05) is 32.6 Å². The number of benzene rings is 1. The van der Waals surface area contributed by atoms with E-state index in [9.17, 15) is 0 Å². The zero-order valence-corrected chi connectivity index (χ0v) is 16.5. The molecular formula is C22H32N4O. The van der Waals surface area contributed by atoms with Crippen LogP contribution in [0.2, 0.25) is 0 Å². The molecule has 0 heterocycles. The lowest BCUT2D eigenvalue weighted by molar-refractivity contribution is 0.307. The summed E-state index contributed by atoms with van der Waals surface area (Å²) in [5, 5.41) is 8.89. The number of nitrogen functional groups attached to an aromatic ring is 2. The first kappa shape index (κ1) is 20.9. The Hall–Kier alpha value is -2.40. The number of aryl methyl sites for hydroxylation is 1.